The highest BCUT2D eigenvalue weighted by Crippen LogP contribution is 2.52. The van der Waals surface area contributed by atoms with Crippen LogP contribution in [0.25, 0.3) is 0 Å². The van der Waals surface area contributed by atoms with E-state index < -0.39 is 28.2 Å². The van der Waals surface area contributed by atoms with Crippen LogP contribution in [0.15, 0.2) is 10.6 Å². The molecule has 4 aliphatic rings. The average Bonchev–Trinajstić information content (AvgIpc) is 2.86. The zero-order chi connectivity index (χ0) is 21.1. The van der Waals surface area contributed by atoms with Gasteiger partial charge in [0.15, 0.2) is 0 Å². The van der Waals surface area contributed by atoms with Crippen molar-refractivity contribution in [2.24, 2.45) is 11.8 Å². The number of aliphatic carboxylic acids is 1. The molecule has 0 aliphatic carbocycles. The molecule has 3 saturated heterocycles. The SMILES string of the molecule is C[C@@H](O)[C@H]1C(=O)N2C(C(=O)O)=C(SC3CN(S(=O)(=O)N4CCOCC4)C3)[C@H](C)[C@H]12. The maximum Gasteiger partial charge on any atom is 0.353 e. The molecule has 4 rings (SSSR count). The molecule has 0 spiro atoms. The number of carboxylic acid groups (broad SMARTS) is 1. The largest absolute Gasteiger partial charge is 0.477 e. The molecule has 162 valence electrons. The van der Waals surface area contributed by atoms with E-state index in [1.54, 1.807) is 6.92 Å². The molecular formula is C17H25N3O7S2. The van der Waals surface area contributed by atoms with Gasteiger partial charge in [-0.05, 0) is 6.92 Å². The van der Waals surface area contributed by atoms with Crippen LogP contribution in [0.5, 0.6) is 0 Å². The molecule has 4 aliphatic heterocycles. The van der Waals surface area contributed by atoms with E-state index >= 15 is 0 Å². The third-order valence-electron chi connectivity index (χ3n) is 6.04. The Bertz CT molecular complexity index is 847. The molecule has 0 aromatic heterocycles. The molecule has 3 fully saturated rings. The summed E-state index contributed by atoms with van der Waals surface area (Å²) in [4.78, 5) is 26.1. The summed E-state index contributed by atoms with van der Waals surface area (Å²) < 4.78 is 33.3. The lowest BCUT2D eigenvalue weighted by Crippen LogP contribution is -2.63. The van der Waals surface area contributed by atoms with Crippen LogP contribution >= 0.6 is 11.8 Å². The van der Waals surface area contributed by atoms with Crippen molar-refractivity contribution >= 4 is 33.8 Å². The highest BCUT2D eigenvalue weighted by atomic mass is 32.2. The van der Waals surface area contributed by atoms with Gasteiger partial charge in [0.1, 0.15) is 5.70 Å². The number of hydrogen-bond donors (Lipinski definition) is 2. The molecule has 0 unspecified atom stereocenters. The summed E-state index contributed by atoms with van der Waals surface area (Å²) >= 11 is 1.34. The first-order valence-corrected chi connectivity index (χ1v) is 11.9. The third-order valence-corrected chi connectivity index (χ3v) is 9.46. The Morgan fingerprint density at radius 3 is 2.41 bits per heavy atom. The van der Waals surface area contributed by atoms with Gasteiger partial charge in [-0.3, -0.25) is 4.79 Å². The second kappa shape index (κ2) is 7.50. The fourth-order valence-electron chi connectivity index (χ4n) is 4.46. The lowest BCUT2D eigenvalue weighted by Gasteiger charge is -2.46. The summed E-state index contributed by atoms with van der Waals surface area (Å²) in [5, 5.41) is 19.5. The number of thioether (sulfide) groups is 1. The number of carbonyl (C=O) groups is 2. The Morgan fingerprint density at radius 1 is 1.24 bits per heavy atom. The number of carboxylic acids is 1. The van der Waals surface area contributed by atoms with Crippen molar-refractivity contribution in [2.75, 3.05) is 39.4 Å². The lowest BCUT2D eigenvalue weighted by molar-refractivity contribution is -0.163. The van der Waals surface area contributed by atoms with E-state index in [1.807, 2.05) is 6.92 Å². The van der Waals surface area contributed by atoms with Gasteiger partial charge in [-0.25, -0.2) is 4.79 Å². The number of aliphatic hydroxyl groups is 1. The number of carbonyl (C=O) groups excluding carboxylic acids is 1. The van der Waals surface area contributed by atoms with Gasteiger partial charge < -0.3 is 19.8 Å². The van der Waals surface area contributed by atoms with E-state index in [1.165, 1.54) is 25.3 Å². The minimum Gasteiger partial charge on any atom is -0.477 e. The predicted molar refractivity (Wildman–Crippen MR) is 104 cm³/mol. The summed E-state index contributed by atoms with van der Waals surface area (Å²) in [5.41, 5.74) is -0.0242. The molecule has 4 heterocycles. The van der Waals surface area contributed by atoms with Crippen LogP contribution < -0.4 is 0 Å². The summed E-state index contributed by atoms with van der Waals surface area (Å²) in [7, 11) is -3.53. The van der Waals surface area contributed by atoms with Crippen molar-refractivity contribution in [1.29, 1.82) is 0 Å². The van der Waals surface area contributed by atoms with Gasteiger partial charge in [-0.1, -0.05) is 6.92 Å². The van der Waals surface area contributed by atoms with Gasteiger partial charge in [-0.15, -0.1) is 11.8 Å². The normalized spacial score (nSPS) is 32.7. The van der Waals surface area contributed by atoms with Gasteiger partial charge in [0.05, 0.1) is 31.3 Å². The van der Waals surface area contributed by atoms with Crippen molar-refractivity contribution in [3.63, 3.8) is 0 Å². The van der Waals surface area contributed by atoms with Crippen LogP contribution in [-0.2, 0) is 24.5 Å². The number of nitrogens with zero attached hydrogens (tertiary/aromatic N) is 3. The standard InChI is InChI=1S/C17H25N3O7S2/c1-9-13-12(10(2)21)16(22)20(13)14(17(23)24)15(9)28-11-7-19(8-11)29(25,26)18-3-5-27-6-4-18/h9-13,21H,3-8H2,1-2H3,(H,23,24)/t9-,10-,12-,13-/m1/s1. The van der Waals surface area contributed by atoms with Gasteiger partial charge in [0.25, 0.3) is 10.2 Å². The fourth-order valence-corrected chi connectivity index (χ4v) is 7.84. The van der Waals surface area contributed by atoms with Gasteiger partial charge in [0.2, 0.25) is 5.91 Å². The molecule has 0 aromatic rings. The molecule has 4 atom stereocenters. The van der Waals surface area contributed by atoms with Gasteiger partial charge >= 0.3 is 5.97 Å². The van der Waals surface area contributed by atoms with E-state index in [9.17, 15) is 28.2 Å². The zero-order valence-corrected chi connectivity index (χ0v) is 17.9. The van der Waals surface area contributed by atoms with Crippen molar-refractivity contribution in [2.45, 2.75) is 31.2 Å². The highest BCUT2D eigenvalue weighted by molar-refractivity contribution is 8.04. The number of morpholine rings is 1. The number of rotatable bonds is 6. The van der Waals surface area contributed by atoms with Crippen molar-refractivity contribution < 1.29 is 33.0 Å². The lowest BCUT2D eigenvalue weighted by atomic mass is 9.79. The van der Waals surface area contributed by atoms with Crippen molar-refractivity contribution in [1.82, 2.24) is 13.5 Å². The Morgan fingerprint density at radius 2 is 1.86 bits per heavy atom. The maximum absolute atomic E-state index is 12.7. The van der Waals surface area contributed by atoms with Gasteiger partial charge in [0, 0.05) is 42.3 Å². The number of β-lactam (4-membered cyclic amide) rings is 1. The van der Waals surface area contributed by atoms with E-state index in [4.69, 9.17) is 4.74 Å². The highest BCUT2D eigenvalue weighted by Gasteiger charge is 2.60. The van der Waals surface area contributed by atoms with Crippen molar-refractivity contribution in [3.05, 3.63) is 10.6 Å². The summed E-state index contributed by atoms with van der Waals surface area (Å²) in [5.74, 6) is -2.35. The maximum atomic E-state index is 12.7. The molecule has 0 aromatic carbocycles. The number of fused-ring (bicyclic) bond motifs is 1. The Labute approximate surface area is 173 Å². The summed E-state index contributed by atoms with van der Waals surface area (Å²) in [6.45, 7) is 5.43. The minimum atomic E-state index is -3.53. The second-order valence-electron chi connectivity index (χ2n) is 7.85. The van der Waals surface area contributed by atoms with E-state index in [0.717, 1.165) is 0 Å². The van der Waals surface area contributed by atoms with Crippen LogP contribution in [0.2, 0.25) is 0 Å². The monoisotopic (exact) mass is 447 g/mol. The molecule has 1 amide bonds. The zero-order valence-electron chi connectivity index (χ0n) is 16.2. The van der Waals surface area contributed by atoms with Crippen LogP contribution in [0.4, 0.5) is 0 Å². The molecule has 10 nitrogen and oxygen atoms in total. The molecule has 0 radical (unpaired) electrons. The van der Waals surface area contributed by atoms with E-state index in [0.29, 0.717) is 44.3 Å². The Hall–Kier alpha value is -1.18. The second-order valence-corrected chi connectivity index (χ2v) is 11.1. The molecular weight excluding hydrogens is 422 g/mol. The number of hydrogen-bond acceptors (Lipinski definition) is 7. The molecule has 29 heavy (non-hydrogen) atoms. The topological polar surface area (TPSA) is 128 Å². The molecule has 0 bridgehead atoms. The molecule has 0 saturated carbocycles. The summed E-state index contributed by atoms with van der Waals surface area (Å²) in [6.07, 6.45) is -0.844. The van der Waals surface area contributed by atoms with Crippen LogP contribution in [0.1, 0.15) is 13.8 Å². The first-order valence-electron chi connectivity index (χ1n) is 9.62. The van der Waals surface area contributed by atoms with Crippen LogP contribution in [0, 0.1) is 11.8 Å². The molecule has 2 N–H and O–H groups in total. The van der Waals surface area contributed by atoms with E-state index in [-0.39, 0.29) is 28.8 Å². The summed E-state index contributed by atoms with van der Waals surface area (Å²) in [6, 6.07) is -0.357. The quantitative estimate of drug-likeness (QED) is 0.503. The fraction of sp³-hybridized carbons (Fsp3) is 0.765. The smallest absolute Gasteiger partial charge is 0.353 e. The first-order chi connectivity index (χ1) is 13.6. The van der Waals surface area contributed by atoms with Gasteiger partial charge in [-0.2, -0.15) is 17.0 Å². The third kappa shape index (κ3) is 3.29. The predicted octanol–water partition coefficient (Wildman–Crippen LogP) is -0.865. The Balaban J connectivity index is 1.45. The molecule has 12 heteroatoms. The van der Waals surface area contributed by atoms with E-state index in [2.05, 4.69) is 0 Å². The van der Waals surface area contributed by atoms with Crippen LogP contribution in [-0.4, -0.2) is 101 Å². The minimum absolute atomic E-state index is 0.0242. The average molecular weight is 448 g/mol. The van der Waals surface area contributed by atoms with Crippen molar-refractivity contribution in [3.8, 4) is 0 Å². The van der Waals surface area contributed by atoms with Crippen LogP contribution in [0.3, 0.4) is 0 Å². The Kier molecular flexibility index (Phi) is 5.45. The first kappa shape index (κ1) is 21.1. The number of ether oxygens (including phenoxy) is 1. The number of amides is 1. The number of aliphatic hydroxyl groups excluding tert-OH is 1.